The Bertz CT molecular complexity index is 581. The van der Waals surface area contributed by atoms with Crippen LogP contribution in [0.25, 0.3) is 0 Å². The van der Waals surface area contributed by atoms with Gasteiger partial charge in [-0.15, -0.1) is 0 Å². The van der Waals surface area contributed by atoms with Gasteiger partial charge < -0.3 is 9.11 Å². The molecule has 0 N–H and O–H groups in total. The Balaban J connectivity index is 0. The molecule has 0 atom stereocenters. The number of hydrogen-bond donors (Lipinski definition) is 0. The van der Waals surface area contributed by atoms with Crippen LogP contribution in [-0.2, 0) is 29.8 Å². The number of ketones is 2. The van der Waals surface area contributed by atoms with Gasteiger partial charge in [0.2, 0.25) is 0 Å². The van der Waals surface area contributed by atoms with Crippen LogP contribution < -0.4 is 103 Å². The molecule has 0 heterocycles. The molecule has 0 aromatic carbocycles. The zero-order chi connectivity index (χ0) is 12.7. The normalized spacial score (nSPS) is 16.1. The largest absolute Gasteiger partial charge is 1.00 e. The number of rotatable bonds is 2. The summed E-state index contributed by atoms with van der Waals surface area (Å²) in [4.78, 5) is 19.2. The number of carbonyl (C=O) groups excluding carboxylic acids is 2. The van der Waals surface area contributed by atoms with Crippen LogP contribution in [0.1, 0.15) is 0 Å². The van der Waals surface area contributed by atoms with Gasteiger partial charge in [-0.2, -0.15) is 0 Å². The van der Waals surface area contributed by atoms with E-state index >= 15 is 0 Å². The second-order valence-electron chi connectivity index (χ2n) is 2.65. The summed E-state index contributed by atoms with van der Waals surface area (Å²) in [7, 11) is -10.4. The first-order chi connectivity index (χ1) is 7.03. The molecule has 1 aliphatic carbocycles. The van der Waals surface area contributed by atoms with E-state index in [2.05, 4.69) is 0 Å². The van der Waals surface area contributed by atoms with Gasteiger partial charge in [-0.25, -0.2) is 16.8 Å². The van der Waals surface area contributed by atoms with Gasteiger partial charge in [0.15, 0.2) is 11.6 Å². The Kier molecular flexibility index (Phi) is 9.61. The molecule has 0 radical (unpaired) electrons. The van der Waals surface area contributed by atoms with E-state index in [9.17, 15) is 35.5 Å². The van der Waals surface area contributed by atoms with Crippen LogP contribution >= 0.6 is 0 Å². The number of hydrogen-bond acceptors (Lipinski definition) is 8. The average Bonchev–Trinajstić information content (AvgIpc) is 2.04. The monoisotopic (exact) mass is 344 g/mol. The minimum atomic E-state index is -5.18. The zero-order valence-electron chi connectivity index (χ0n) is 9.24. The third kappa shape index (κ3) is 5.73. The van der Waals surface area contributed by atoms with E-state index in [1.54, 1.807) is 0 Å². The maximum Gasteiger partial charge on any atom is 1.00 e. The second-order valence-corrected chi connectivity index (χ2v) is 5.35. The molecule has 0 aromatic heterocycles. The standard InChI is InChI=1S/C6H4O8S2.2K/c7-3-1-5(15(9,10)11)4(8)2-6(3)16(12,13)14;;/h1-2H,(H,9,10,11)(H,12,13,14);;/q;2*+1/p-2. The van der Waals surface area contributed by atoms with Crippen molar-refractivity contribution in [2.45, 2.75) is 0 Å². The summed E-state index contributed by atoms with van der Waals surface area (Å²) in [6.07, 6.45) is 0.0465. The third-order valence-corrected chi connectivity index (χ3v) is 3.26. The Hall–Kier alpha value is 1.91. The van der Waals surface area contributed by atoms with Crippen LogP contribution in [-0.4, -0.2) is 37.5 Å². The minimum Gasteiger partial charge on any atom is -0.744 e. The van der Waals surface area contributed by atoms with Crippen LogP contribution in [0.5, 0.6) is 0 Å². The molecule has 0 fully saturated rings. The predicted octanol–water partition coefficient (Wildman–Crippen LogP) is -8.00. The Morgan fingerprint density at radius 3 is 1.11 bits per heavy atom. The van der Waals surface area contributed by atoms with Crippen LogP contribution in [0, 0.1) is 0 Å². The molecule has 12 heteroatoms. The molecule has 0 spiro atoms. The van der Waals surface area contributed by atoms with Gasteiger partial charge in [0.1, 0.15) is 30.0 Å². The van der Waals surface area contributed by atoms with E-state index in [0.717, 1.165) is 0 Å². The summed E-state index contributed by atoms with van der Waals surface area (Å²) in [6.45, 7) is 0. The van der Waals surface area contributed by atoms with Crippen LogP contribution in [0.15, 0.2) is 22.0 Å². The average molecular weight is 344 g/mol. The van der Waals surface area contributed by atoms with Crippen molar-refractivity contribution in [3.63, 3.8) is 0 Å². The SMILES string of the molecule is O=C1C=C(S(=O)(=O)[O-])C(=O)C=C1S(=O)(=O)[O-].[K+].[K+]. The summed E-state index contributed by atoms with van der Waals surface area (Å²) < 4.78 is 62.7. The Morgan fingerprint density at radius 2 is 0.944 bits per heavy atom. The van der Waals surface area contributed by atoms with Crippen molar-refractivity contribution in [3.05, 3.63) is 22.0 Å². The molecule has 1 aliphatic rings. The molecule has 0 bridgehead atoms. The molecule has 0 unspecified atom stereocenters. The fourth-order valence-electron chi connectivity index (χ4n) is 0.913. The first kappa shape index (κ1) is 22.2. The van der Waals surface area contributed by atoms with Gasteiger partial charge in [-0.05, 0) is 0 Å². The van der Waals surface area contributed by atoms with Gasteiger partial charge in [0.25, 0.3) is 0 Å². The van der Waals surface area contributed by atoms with E-state index in [4.69, 9.17) is 0 Å². The van der Waals surface area contributed by atoms with E-state index < -0.39 is 41.6 Å². The number of allylic oxidation sites excluding steroid dienone is 4. The van der Waals surface area contributed by atoms with Gasteiger partial charge in [-0.3, -0.25) is 9.59 Å². The third-order valence-electron chi connectivity index (χ3n) is 1.55. The molecular weight excluding hydrogens is 342 g/mol. The van der Waals surface area contributed by atoms with Crippen LogP contribution in [0.4, 0.5) is 0 Å². The van der Waals surface area contributed by atoms with Gasteiger partial charge >= 0.3 is 103 Å². The summed E-state index contributed by atoms with van der Waals surface area (Å²) in [5.41, 5.74) is 0. The summed E-state index contributed by atoms with van der Waals surface area (Å²) in [5.74, 6) is -3.02. The topological polar surface area (TPSA) is 149 Å². The van der Waals surface area contributed by atoms with E-state index in [0.29, 0.717) is 0 Å². The first-order valence-corrected chi connectivity index (χ1v) is 6.29. The molecular formula is C6H2K2O8S2. The summed E-state index contributed by atoms with van der Waals surface area (Å²) in [6, 6.07) is 0. The Morgan fingerprint density at radius 1 is 0.722 bits per heavy atom. The van der Waals surface area contributed by atoms with Crippen molar-refractivity contribution in [2.75, 3.05) is 0 Å². The Labute approximate surface area is 188 Å². The molecule has 1 rings (SSSR count). The summed E-state index contributed by atoms with van der Waals surface area (Å²) >= 11 is 0. The van der Waals surface area contributed by atoms with E-state index in [1.165, 1.54) is 0 Å². The molecule has 8 nitrogen and oxygen atoms in total. The van der Waals surface area contributed by atoms with Crippen molar-refractivity contribution in [1.82, 2.24) is 0 Å². The van der Waals surface area contributed by atoms with Crippen LogP contribution in [0.3, 0.4) is 0 Å². The molecule has 0 saturated carbocycles. The summed E-state index contributed by atoms with van der Waals surface area (Å²) in [5, 5.41) is 0. The van der Waals surface area contributed by atoms with Gasteiger partial charge in [0.05, 0.1) is 0 Å². The minimum absolute atomic E-state index is 0. The van der Waals surface area contributed by atoms with Crippen molar-refractivity contribution >= 4 is 31.8 Å². The molecule has 0 saturated heterocycles. The van der Waals surface area contributed by atoms with Crippen molar-refractivity contribution in [2.24, 2.45) is 0 Å². The maximum absolute atomic E-state index is 11.0. The van der Waals surface area contributed by atoms with Crippen LogP contribution in [0.2, 0.25) is 0 Å². The fraction of sp³-hybridized carbons (Fsp3) is 0. The molecule has 0 aromatic rings. The molecule has 0 amide bonds. The first-order valence-electron chi connectivity index (χ1n) is 3.47. The zero-order valence-corrected chi connectivity index (χ0v) is 17.1. The van der Waals surface area contributed by atoms with Gasteiger partial charge in [-0.1, -0.05) is 0 Å². The molecule has 18 heavy (non-hydrogen) atoms. The smallest absolute Gasteiger partial charge is 0.744 e. The second kappa shape index (κ2) is 7.79. The van der Waals surface area contributed by atoms with Crippen molar-refractivity contribution < 1.29 is 138 Å². The van der Waals surface area contributed by atoms with E-state index in [1.807, 2.05) is 0 Å². The quantitative estimate of drug-likeness (QED) is 0.272. The fourth-order valence-corrected chi connectivity index (χ4v) is 2.03. The maximum atomic E-state index is 11.0. The van der Waals surface area contributed by atoms with Gasteiger partial charge in [0, 0.05) is 12.2 Å². The predicted molar refractivity (Wildman–Crippen MR) is 45.6 cm³/mol. The molecule has 0 aliphatic heterocycles. The number of carbonyl (C=O) groups is 2. The van der Waals surface area contributed by atoms with Crippen molar-refractivity contribution in [1.29, 1.82) is 0 Å². The van der Waals surface area contributed by atoms with E-state index in [-0.39, 0.29) is 115 Å². The molecule has 88 valence electrons. The van der Waals surface area contributed by atoms with Crippen molar-refractivity contribution in [3.8, 4) is 0 Å².